The molecular weight excluding hydrogens is 209 g/mol. The Morgan fingerprint density at radius 1 is 1.56 bits per heavy atom. The number of anilines is 1. The Kier molecular flexibility index (Phi) is 2.85. The molecule has 16 heavy (non-hydrogen) atoms. The standard InChI is InChI=1S/C11H12FN3O/c12-9-5-15(6-9)10-1-2-11(14-4-10)8(3-13)7-16/h1-4,7,9H,5-6,13H2/b8-3-. The Balaban J connectivity index is 2.13. The number of carbonyl (C=O) groups is 1. The molecule has 2 N–H and O–H groups in total. The van der Waals surface area contributed by atoms with E-state index in [-0.39, 0.29) is 0 Å². The first-order valence-corrected chi connectivity index (χ1v) is 4.97. The molecule has 0 spiro atoms. The van der Waals surface area contributed by atoms with E-state index in [4.69, 9.17) is 5.73 Å². The van der Waals surface area contributed by atoms with Gasteiger partial charge in [0.2, 0.25) is 0 Å². The molecule has 0 atom stereocenters. The van der Waals surface area contributed by atoms with E-state index in [9.17, 15) is 9.18 Å². The summed E-state index contributed by atoms with van der Waals surface area (Å²) >= 11 is 0. The SMILES string of the molecule is N/C=C(/C=O)c1ccc(N2CC(F)C2)cn1. The molecule has 0 amide bonds. The molecule has 0 aliphatic carbocycles. The summed E-state index contributed by atoms with van der Waals surface area (Å²) in [6.07, 6.45) is 2.75. The Hall–Kier alpha value is -1.91. The Morgan fingerprint density at radius 2 is 2.31 bits per heavy atom. The predicted molar refractivity (Wildman–Crippen MR) is 59.6 cm³/mol. The largest absolute Gasteiger partial charge is 0.404 e. The van der Waals surface area contributed by atoms with Gasteiger partial charge in [0.15, 0.2) is 6.29 Å². The second-order valence-electron chi connectivity index (χ2n) is 3.64. The van der Waals surface area contributed by atoms with Gasteiger partial charge < -0.3 is 10.6 Å². The molecule has 1 aromatic heterocycles. The fraction of sp³-hybridized carbons (Fsp3) is 0.273. The molecule has 2 rings (SSSR count). The number of nitrogens with zero attached hydrogens (tertiary/aromatic N) is 2. The first-order chi connectivity index (χ1) is 7.74. The number of allylic oxidation sites excluding steroid dienone is 1. The zero-order valence-corrected chi connectivity index (χ0v) is 8.64. The maximum Gasteiger partial charge on any atom is 0.153 e. The van der Waals surface area contributed by atoms with Crippen LogP contribution in [0, 0.1) is 0 Å². The minimum absolute atomic E-state index is 0.346. The van der Waals surface area contributed by atoms with Crippen molar-refractivity contribution in [1.82, 2.24) is 4.98 Å². The van der Waals surface area contributed by atoms with Crippen molar-refractivity contribution in [2.45, 2.75) is 6.17 Å². The minimum Gasteiger partial charge on any atom is -0.404 e. The second kappa shape index (κ2) is 4.30. The highest BCUT2D eigenvalue weighted by Crippen LogP contribution is 2.22. The van der Waals surface area contributed by atoms with Crippen molar-refractivity contribution < 1.29 is 9.18 Å². The molecule has 1 aromatic rings. The smallest absolute Gasteiger partial charge is 0.153 e. The molecule has 0 radical (unpaired) electrons. The number of carbonyl (C=O) groups excluding carboxylic acids is 1. The summed E-state index contributed by atoms with van der Waals surface area (Å²) in [5.41, 5.74) is 7.01. The van der Waals surface area contributed by atoms with Gasteiger partial charge in [0, 0.05) is 6.20 Å². The van der Waals surface area contributed by atoms with Crippen LogP contribution in [0.1, 0.15) is 5.69 Å². The summed E-state index contributed by atoms with van der Waals surface area (Å²) in [6.45, 7) is 0.822. The zero-order valence-electron chi connectivity index (χ0n) is 8.64. The van der Waals surface area contributed by atoms with Crippen LogP contribution in [-0.4, -0.2) is 30.5 Å². The summed E-state index contributed by atoms with van der Waals surface area (Å²) in [7, 11) is 0. The summed E-state index contributed by atoms with van der Waals surface area (Å²) in [5, 5.41) is 0. The maximum absolute atomic E-state index is 12.6. The molecule has 1 saturated heterocycles. The van der Waals surface area contributed by atoms with Gasteiger partial charge in [0.05, 0.1) is 36.2 Å². The van der Waals surface area contributed by atoms with Crippen LogP contribution in [0.5, 0.6) is 0 Å². The van der Waals surface area contributed by atoms with Crippen molar-refractivity contribution >= 4 is 17.5 Å². The second-order valence-corrected chi connectivity index (χ2v) is 3.64. The van der Waals surface area contributed by atoms with Crippen LogP contribution < -0.4 is 10.6 Å². The van der Waals surface area contributed by atoms with E-state index in [1.54, 1.807) is 18.3 Å². The quantitative estimate of drug-likeness (QED) is 0.604. The molecule has 84 valence electrons. The summed E-state index contributed by atoms with van der Waals surface area (Å²) < 4.78 is 12.6. The van der Waals surface area contributed by atoms with Gasteiger partial charge in [0.25, 0.3) is 0 Å². The topological polar surface area (TPSA) is 59.2 Å². The van der Waals surface area contributed by atoms with E-state index in [2.05, 4.69) is 4.98 Å². The number of rotatable bonds is 3. The third-order valence-corrected chi connectivity index (χ3v) is 2.55. The highest BCUT2D eigenvalue weighted by molar-refractivity contribution is 6.05. The van der Waals surface area contributed by atoms with Crippen LogP contribution in [0.15, 0.2) is 24.5 Å². The maximum atomic E-state index is 12.6. The number of alkyl halides is 1. The van der Waals surface area contributed by atoms with Crippen molar-refractivity contribution in [1.29, 1.82) is 0 Å². The van der Waals surface area contributed by atoms with Gasteiger partial charge in [-0.2, -0.15) is 0 Å². The Labute approximate surface area is 92.6 Å². The minimum atomic E-state index is -0.742. The molecule has 1 aliphatic heterocycles. The van der Waals surface area contributed by atoms with Crippen LogP contribution in [0.3, 0.4) is 0 Å². The molecule has 2 heterocycles. The molecule has 4 nitrogen and oxygen atoms in total. The Bertz CT molecular complexity index is 410. The van der Waals surface area contributed by atoms with Gasteiger partial charge in [-0.15, -0.1) is 0 Å². The number of hydrogen-bond acceptors (Lipinski definition) is 4. The molecule has 0 bridgehead atoms. The lowest BCUT2D eigenvalue weighted by atomic mass is 10.1. The Morgan fingerprint density at radius 3 is 2.75 bits per heavy atom. The zero-order chi connectivity index (χ0) is 11.5. The summed E-state index contributed by atoms with van der Waals surface area (Å²) in [6, 6.07) is 3.51. The lowest BCUT2D eigenvalue weighted by Gasteiger charge is -2.36. The van der Waals surface area contributed by atoms with Gasteiger partial charge in [0.1, 0.15) is 6.17 Å². The molecular formula is C11H12FN3O. The third kappa shape index (κ3) is 1.88. The number of pyridine rings is 1. The molecule has 1 aliphatic rings. The first-order valence-electron chi connectivity index (χ1n) is 4.97. The molecule has 1 fully saturated rings. The average molecular weight is 221 g/mol. The summed E-state index contributed by atoms with van der Waals surface area (Å²) in [5.74, 6) is 0. The number of aldehydes is 1. The lowest BCUT2D eigenvalue weighted by molar-refractivity contribution is -0.103. The molecule has 5 heteroatoms. The highest BCUT2D eigenvalue weighted by Gasteiger charge is 2.26. The average Bonchev–Trinajstić information content (AvgIpc) is 2.28. The summed E-state index contributed by atoms with van der Waals surface area (Å²) in [4.78, 5) is 16.6. The van der Waals surface area contributed by atoms with Crippen LogP contribution in [-0.2, 0) is 4.79 Å². The monoisotopic (exact) mass is 221 g/mol. The molecule has 0 saturated carbocycles. The van der Waals surface area contributed by atoms with Crippen molar-refractivity contribution in [3.8, 4) is 0 Å². The van der Waals surface area contributed by atoms with Gasteiger partial charge in [-0.25, -0.2) is 4.39 Å². The van der Waals surface area contributed by atoms with Crippen LogP contribution in [0.25, 0.3) is 5.57 Å². The predicted octanol–water partition coefficient (Wildman–Crippen LogP) is 0.738. The number of halogens is 1. The van der Waals surface area contributed by atoms with E-state index in [0.29, 0.717) is 30.6 Å². The van der Waals surface area contributed by atoms with Crippen molar-refractivity contribution in [2.24, 2.45) is 5.73 Å². The van der Waals surface area contributed by atoms with Gasteiger partial charge in [-0.1, -0.05) is 0 Å². The van der Waals surface area contributed by atoms with E-state index in [1.165, 1.54) is 6.20 Å². The van der Waals surface area contributed by atoms with E-state index < -0.39 is 6.17 Å². The molecule has 0 aromatic carbocycles. The van der Waals surface area contributed by atoms with Crippen LogP contribution >= 0.6 is 0 Å². The number of aromatic nitrogens is 1. The fourth-order valence-electron chi connectivity index (χ4n) is 1.56. The first kappa shape index (κ1) is 10.6. The lowest BCUT2D eigenvalue weighted by Crippen LogP contribution is -2.48. The van der Waals surface area contributed by atoms with Crippen LogP contribution in [0.2, 0.25) is 0 Å². The van der Waals surface area contributed by atoms with E-state index >= 15 is 0 Å². The fourth-order valence-corrected chi connectivity index (χ4v) is 1.56. The highest BCUT2D eigenvalue weighted by atomic mass is 19.1. The normalized spacial score (nSPS) is 17.1. The number of hydrogen-bond donors (Lipinski definition) is 1. The molecule has 0 unspecified atom stereocenters. The van der Waals surface area contributed by atoms with Gasteiger partial charge >= 0.3 is 0 Å². The van der Waals surface area contributed by atoms with Gasteiger partial charge in [-0.3, -0.25) is 9.78 Å². The third-order valence-electron chi connectivity index (χ3n) is 2.55. The van der Waals surface area contributed by atoms with E-state index in [0.717, 1.165) is 5.69 Å². The van der Waals surface area contributed by atoms with Gasteiger partial charge in [-0.05, 0) is 12.1 Å². The van der Waals surface area contributed by atoms with Crippen molar-refractivity contribution in [2.75, 3.05) is 18.0 Å². The van der Waals surface area contributed by atoms with Crippen molar-refractivity contribution in [3.63, 3.8) is 0 Å². The van der Waals surface area contributed by atoms with Crippen molar-refractivity contribution in [3.05, 3.63) is 30.2 Å². The number of nitrogens with two attached hydrogens (primary N) is 1. The van der Waals surface area contributed by atoms with Crippen LogP contribution in [0.4, 0.5) is 10.1 Å². The van der Waals surface area contributed by atoms with E-state index in [1.807, 2.05) is 4.90 Å².